The lowest BCUT2D eigenvalue weighted by molar-refractivity contribution is -0.118. The number of aryl methyl sites for hydroxylation is 1. The second-order valence-electron chi connectivity index (χ2n) is 4.67. The first kappa shape index (κ1) is 17.2. The molecule has 1 heterocycles. The average molecular weight is 333 g/mol. The van der Waals surface area contributed by atoms with Gasteiger partial charge in [-0.25, -0.2) is 9.97 Å². The van der Waals surface area contributed by atoms with Crippen LogP contribution in [0.25, 0.3) is 0 Å². The van der Waals surface area contributed by atoms with Gasteiger partial charge in [-0.2, -0.15) is 0 Å². The maximum Gasteiger partial charge on any atom is 0.252 e. The number of ether oxygens (including phenoxy) is 2. The van der Waals surface area contributed by atoms with Gasteiger partial charge in [0.2, 0.25) is 5.91 Å². The highest BCUT2D eigenvalue weighted by Crippen LogP contribution is 2.30. The Morgan fingerprint density at radius 3 is 2.83 bits per heavy atom. The van der Waals surface area contributed by atoms with Crippen LogP contribution in [0.2, 0.25) is 0 Å². The van der Waals surface area contributed by atoms with E-state index in [0.717, 1.165) is 11.3 Å². The average Bonchev–Trinajstić information content (AvgIpc) is 2.56. The summed E-state index contributed by atoms with van der Waals surface area (Å²) in [6.45, 7) is 2.94. The number of nitrogens with one attached hydrogen (secondary N) is 1. The number of aromatic nitrogens is 2. The number of methoxy groups -OCH3 is 1. The van der Waals surface area contributed by atoms with E-state index in [1.165, 1.54) is 11.8 Å². The van der Waals surface area contributed by atoms with Gasteiger partial charge >= 0.3 is 0 Å². The SMILES string of the molecule is COCCNC(=O)CSc1nccnc1Oc1ccccc1C. The van der Waals surface area contributed by atoms with Gasteiger partial charge in [0.05, 0.1) is 12.4 Å². The van der Waals surface area contributed by atoms with E-state index in [9.17, 15) is 4.79 Å². The predicted octanol–water partition coefficient (Wildman–Crippen LogP) is 2.43. The lowest BCUT2D eigenvalue weighted by Crippen LogP contribution is -2.28. The highest BCUT2D eigenvalue weighted by molar-refractivity contribution is 8.00. The van der Waals surface area contributed by atoms with Gasteiger partial charge in [-0.05, 0) is 18.6 Å². The van der Waals surface area contributed by atoms with Gasteiger partial charge in [-0.3, -0.25) is 4.79 Å². The molecule has 23 heavy (non-hydrogen) atoms. The predicted molar refractivity (Wildman–Crippen MR) is 88.9 cm³/mol. The van der Waals surface area contributed by atoms with Crippen LogP contribution in [0.5, 0.6) is 11.6 Å². The van der Waals surface area contributed by atoms with Crippen molar-refractivity contribution < 1.29 is 14.3 Å². The van der Waals surface area contributed by atoms with Crippen LogP contribution in [0.15, 0.2) is 41.7 Å². The fourth-order valence-electron chi connectivity index (χ4n) is 1.73. The minimum absolute atomic E-state index is 0.0838. The summed E-state index contributed by atoms with van der Waals surface area (Å²) < 4.78 is 10.7. The van der Waals surface area contributed by atoms with Crippen LogP contribution in [0.1, 0.15) is 5.56 Å². The minimum Gasteiger partial charge on any atom is -0.436 e. The molecule has 2 aromatic rings. The van der Waals surface area contributed by atoms with E-state index in [1.54, 1.807) is 19.5 Å². The minimum atomic E-state index is -0.0838. The summed E-state index contributed by atoms with van der Waals surface area (Å²) in [6.07, 6.45) is 3.15. The standard InChI is InChI=1S/C16H19N3O3S/c1-12-5-3-4-6-13(12)22-15-16(19-8-7-18-15)23-11-14(20)17-9-10-21-2/h3-8H,9-11H2,1-2H3,(H,17,20). The molecular formula is C16H19N3O3S. The molecule has 0 aliphatic heterocycles. The van der Waals surface area contributed by atoms with Gasteiger partial charge in [0.25, 0.3) is 5.88 Å². The van der Waals surface area contributed by atoms with Gasteiger partial charge in [0, 0.05) is 26.0 Å². The molecule has 1 N–H and O–H groups in total. The van der Waals surface area contributed by atoms with E-state index in [-0.39, 0.29) is 11.7 Å². The van der Waals surface area contributed by atoms with Crippen molar-refractivity contribution in [3.05, 3.63) is 42.2 Å². The molecule has 0 atom stereocenters. The lowest BCUT2D eigenvalue weighted by atomic mass is 10.2. The number of benzene rings is 1. The number of rotatable bonds is 8. The molecule has 0 aliphatic carbocycles. The molecule has 6 nitrogen and oxygen atoms in total. The molecule has 0 saturated heterocycles. The Kier molecular flexibility index (Phi) is 6.83. The van der Waals surface area contributed by atoms with Crippen LogP contribution in [-0.2, 0) is 9.53 Å². The van der Waals surface area contributed by atoms with E-state index in [0.29, 0.717) is 24.1 Å². The van der Waals surface area contributed by atoms with Crippen molar-refractivity contribution in [3.8, 4) is 11.6 Å². The number of amides is 1. The fourth-order valence-corrected chi connectivity index (χ4v) is 2.46. The topological polar surface area (TPSA) is 73.3 Å². The van der Waals surface area contributed by atoms with Gasteiger partial charge in [-0.1, -0.05) is 30.0 Å². The molecule has 0 unspecified atom stereocenters. The maximum absolute atomic E-state index is 11.7. The van der Waals surface area contributed by atoms with Crippen LogP contribution in [0.4, 0.5) is 0 Å². The molecule has 1 aromatic heterocycles. The zero-order valence-electron chi connectivity index (χ0n) is 13.1. The Hall–Kier alpha value is -2.12. The molecule has 0 bridgehead atoms. The normalized spacial score (nSPS) is 10.3. The number of para-hydroxylation sites is 1. The molecule has 0 saturated carbocycles. The first-order valence-corrected chi connectivity index (χ1v) is 8.12. The molecule has 0 aliphatic rings. The Labute approximate surface area is 139 Å². The van der Waals surface area contributed by atoms with Crippen LogP contribution in [0.3, 0.4) is 0 Å². The van der Waals surface area contributed by atoms with Crippen LogP contribution in [0, 0.1) is 6.92 Å². The number of thioether (sulfide) groups is 1. The summed E-state index contributed by atoms with van der Waals surface area (Å²) in [6, 6.07) is 7.67. The van der Waals surface area contributed by atoms with Crippen molar-refractivity contribution in [2.45, 2.75) is 11.9 Å². The molecule has 0 fully saturated rings. The van der Waals surface area contributed by atoms with E-state index >= 15 is 0 Å². The highest BCUT2D eigenvalue weighted by atomic mass is 32.2. The number of hydrogen-bond acceptors (Lipinski definition) is 6. The smallest absolute Gasteiger partial charge is 0.252 e. The van der Waals surface area contributed by atoms with Crippen molar-refractivity contribution in [2.75, 3.05) is 26.0 Å². The Morgan fingerprint density at radius 1 is 1.26 bits per heavy atom. The molecule has 0 radical (unpaired) electrons. The van der Waals surface area contributed by atoms with Crippen molar-refractivity contribution in [3.63, 3.8) is 0 Å². The lowest BCUT2D eigenvalue weighted by Gasteiger charge is -2.10. The van der Waals surface area contributed by atoms with Crippen molar-refractivity contribution in [2.24, 2.45) is 0 Å². The Bertz CT molecular complexity index is 652. The molecule has 1 amide bonds. The number of hydrogen-bond donors (Lipinski definition) is 1. The van der Waals surface area contributed by atoms with Crippen molar-refractivity contribution >= 4 is 17.7 Å². The second kappa shape index (κ2) is 9.12. The van der Waals surface area contributed by atoms with Gasteiger partial charge in [-0.15, -0.1) is 0 Å². The molecular weight excluding hydrogens is 314 g/mol. The summed E-state index contributed by atoms with van der Waals surface area (Å²) >= 11 is 1.29. The zero-order chi connectivity index (χ0) is 16.5. The summed E-state index contributed by atoms with van der Waals surface area (Å²) in [5, 5.41) is 3.34. The second-order valence-corrected chi connectivity index (χ2v) is 5.63. The van der Waals surface area contributed by atoms with Crippen molar-refractivity contribution in [1.82, 2.24) is 15.3 Å². The Morgan fingerprint density at radius 2 is 2.04 bits per heavy atom. The molecule has 2 rings (SSSR count). The summed E-state index contributed by atoms with van der Waals surface area (Å²) in [5.74, 6) is 1.28. The third-order valence-corrected chi connectivity index (χ3v) is 3.86. The Balaban J connectivity index is 1.98. The monoisotopic (exact) mass is 333 g/mol. The highest BCUT2D eigenvalue weighted by Gasteiger charge is 2.11. The fraction of sp³-hybridized carbons (Fsp3) is 0.312. The van der Waals surface area contributed by atoms with E-state index in [1.807, 2.05) is 31.2 Å². The summed E-state index contributed by atoms with van der Waals surface area (Å²) in [4.78, 5) is 20.2. The maximum atomic E-state index is 11.7. The number of nitrogens with zero attached hydrogens (tertiary/aromatic N) is 2. The zero-order valence-corrected chi connectivity index (χ0v) is 13.9. The van der Waals surface area contributed by atoms with Crippen LogP contribution >= 0.6 is 11.8 Å². The first-order valence-electron chi connectivity index (χ1n) is 7.13. The third-order valence-electron chi connectivity index (χ3n) is 2.90. The van der Waals surface area contributed by atoms with Gasteiger partial charge < -0.3 is 14.8 Å². The first-order chi connectivity index (χ1) is 11.2. The molecule has 122 valence electrons. The number of carbonyl (C=O) groups is 1. The molecule has 1 aromatic carbocycles. The van der Waals surface area contributed by atoms with E-state index in [4.69, 9.17) is 9.47 Å². The number of carbonyl (C=O) groups excluding carboxylic acids is 1. The molecule has 0 spiro atoms. The molecule has 7 heteroatoms. The van der Waals surface area contributed by atoms with Gasteiger partial charge in [0.1, 0.15) is 5.75 Å². The largest absolute Gasteiger partial charge is 0.436 e. The summed E-state index contributed by atoms with van der Waals surface area (Å²) in [5.41, 5.74) is 1.01. The summed E-state index contributed by atoms with van der Waals surface area (Å²) in [7, 11) is 1.59. The van der Waals surface area contributed by atoms with Gasteiger partial charge in [0.15, 0.2) is 5.03 Å². The van der Waals surface area contributed by atoms with Crippen LogP contribution in [-0.4, -0.2) is 41.9 Å². The quantitative estimate of drug-likeness (QED) is 0.591. The van der Waals surface area contributed by atoms with Crippen LogP contribution < -0.4 is 10.1 Å². The van der Waals surface area contributed by atoms with Crippen molar-refractivity contribution in [1.29, 1.82) is 0 Å². The van der Waals surface area contributed by atoms with E-state index < -0.39 is 0 Å². The van der Waals surface area contributed by atoms with E-state index in [2.05, 4.69) is 15.3 Å². The third kappa shape index (κ3) is 5.54.